The van der Waals surface area contributed by atoms with E-state index in [4.69, 9.17) is 5.11 Å². The Balaban J connectivity index is 2.02. The second kappa shape index (κ2) is 6.14. The molecule has 0 radical (unpaired) electrons. The maximum atomic E-state index is 11.8. The fourth-order valence-corrected chi connectivity index (χ4v) is 2.37. The molecule has 0 aliphatic rings. The first-order valence-electron chi connectivity index (χ1n) is 5.82. The van der Waals surface area contributed by atoms with Crippen LogP contribution in [0.4, 0.5) is 5.00 Å². The van der Waals surface area contributed by atoms with Crippen LogP contribution < -0.4 is 5.32 Å². The van der Waals surface area contributed by atoms with E-state index >= 15 is 0 Å². The normalized spacial score (nSPS) is 10.1. The number of carbonyl (C=O) groups excluding carboxylic acids is 1. The first-order valence-corrected chi connectivity index (χ1v) is 6.63. The monoisotopic (exact) mass is 306 g/mol. The summed E-state index contributed by atoms with van der Waals surface area (Å²) in [5.41, 5.74) is 0.766. The minimum absolute atomic E-state index is 0.104. The average Bonchev–Trinajstić information content (AvgIpc) is 2.95. The molecular weight excluding hydrogens is 296 g/mol. The molecule has 1 aromatic heterocycles. The van der Waals surface area contributed by atoms with Crippen molar-refractivity contribution in [2.24, 2.45) is 0 Å². The molecule has 0 bridgehead atoms. The maximum Gasteiger partial charge on any atom is 0.335 e. The van der Waals surface area contributed by atoms with Gasteiger partial charge in [-0.1, -0.05) is 23.5 Å². The molecule has 2 N–H and O–H groups in total. The Morgan fingerprint density at radius 3 is 2.67 bits per heavy atom. The number of nitro groups is 1. The number of aromatic carboxylic acids is 1. The molecule has 0 spiro atoms. The van der Waals surface area contributed by atoms with Crippen molar-refractivity contribution in [3.05, 3.63) is 62.5 Å². The molecule has 0 aliphatic carbocycles. The van der Waals surface area contributed by atoms with E-state index in [1.54, 1.807) is 12.1 Å². The Labute approximate surface area is 123 Å². The van der Waals surface area contributed by atoms with Gasteiger partial charge in [0.2, 0.25) is 0 Å². The van der Waals surface area contributed by atoms with Gasteiger partial charge < -0.3 is 10.4 Å². The van der Waals surface area contributed by atoms with Crippen LogP contribution in [-0.4, -0.2) is 21.9 Å². The lowest BCUT2D eigenvalue weighted by Gasteiger charge is -2.04. The summed E-state index contributed by atoms with van der Waals surface area (Å²) in [6, 6.07) is 8.83. The highest BCUT2D eigenvalue weighted by atomic mass is 32.1. The summed E-state index contributed by atoms with van der Waals surface area (Å²) in [6.07, 6.45) is 0. The van der Waals surface area contributed by atoms with Crippen LogP contribution >= 0.6 is 11.3 Å². The molecule has 0 saturated heterocycles. The van der Waals surface area contributed by atoms with Crippen LogP contribution in [0.25, 0.3) is 0 Å². The van der Waals surface area contributed by atoms with Crippen molar-refractivity contribution in [3.8, 4) is 0 Å². The van der Waals surface area contributed by atoms with Gasteiger partial charge in [0, 0.05) is 12.6 Å². The molecule has 21 heavy (non-hydrogen) atoms. The summed E-state index contributed by atoms with van der Waals surface area (Å²) >= 11 is 0.787. The SMILES string of the molecule is O=C(O)c1cccc(CNC(=O)c2ccc([N+](=O)[O-])s2)c1. The van der Waals surface area contributed by atoms with Gasteiger partial charge >= 0.3 is 11.0 Å². The lowest BCUT2D eigenvalue weighted by atomic mass is 10.1. The second-order valence-corrected chi connectivity index (χ2v) is 5.15. The van der Waals surface area contributed by atoms with Crippen molar-refractivity contribution >= 4 is 28.2 Å². The van der Waals surface area contributed by atoms with E-state index in [9.17, 15) is 19.7 Å². The van der Waals surface area contributed by atoms with Crippen LogP contribution in [0.2, 0.25) is 0 Å². The number of rotatable bonds is 5. The Morgan fingerprint density at radius 1 is 1.29 bits per heavy atom. The molecular formula is C13H10N2O5S. The zero-order chi connectivity index (χ0) is 15.4. The molecule has 0 atom stereocenters. The van der Waals surface area contributed by atoms with Gasteiger partial charge in [-0.25, -0.2) is 4.79 Å². The van der Waals surface area contributed by atoms with Crippen LogP contribution in [0, 0.1) is 10.1 Å². The van der Waals surface area contributed by atoms with Crippen molar-refractivity contribution in [1.29, 1.82) is 0 Å². The van der Waals surface area contributed by atoms with E-state index in [2.05, 4.69) is 5.32 Å². The number of nitrogens with one attached hydrogen (secondary N) is 1. The van der Waals surface area contributed by atoms with Crippen LogP contribution in [0.5, 0.6) is 0 Å². The summed E-state index contributed by atoms with van der Waals surface area (Å²) in [5.74, 6) is -1.48. The van der Waals surface area contributed by atoms with Crippen molar-refractivity contribution < 1.29 is 19.6 Å². The third-order valence-corrected chi connectivity index (χ3v) is 3.66. The van der Waals surface area contributed by atoms with Crippen LogP contribution in [0.15, 0.2) is 36.4 Å². The zero-order valence-corrected chi connectivity index (χ0v) is 11.4. The van der Waals surface area contributed by atoms with Crippen molar-refractivity contribution in [2.45, 2.75) is 6.54 Å². The standard InChI is InChI=1S/C13H10N2O5S/c16-12(10-4-5-11(21-10)15(19)20)14-7-8-2-1-3-9(6-8)13(17)18/h1-6H,7H2,(H,14,16)(H,17,18). The summed E-state index contributed by atoms with van der Waals surface area (Å²) < 4.78 is 0. The van der Waals surface area contributed by atoms with Gasteiger partial charge in [-0.15, -0.1) is 0 Å². The van der Waals surface area contributed by atoms with Gasteiger partial charge in [0.15, 0.2) is 0 Å². The topological polar surface area (TPSA) is 110 Å². The number of thiophene rings is 1. The first kappa shape index (κ1) is 14.7. The molecule has 0 fully saturated rings. The maximum absolute atomic E-state index is 11.8. The van der Waals surface area contributed by atoms with Crippen molar-refractivity contribution in [3.63, 3.8) is 0 Å². The van der Waals surface area contributed by atoms with Crippen LogP contribution in [0.1, 0.15) is 25.6 Å². The Bertz CT molecular complexity index is 710. The van der Waals surface area contributed by atoms with Crippen LogP contribution in [-0.2, 0) is 6.54 Å². The van der Waals surface area contributed by atoms with E-state index in [0.717, 1.165) is 11.3 Å². The first-order chi connectivity index (χ1) is 9.97. The van der Waals surface area contributed by atoms with Gasteiger partial charge in [-0.3, -0.25) is 14.9 Å². The van der Waals surface area contributed by atoms with E-state index in [-0.39, 0.29) is 22.0 Å². The summed E-state index contributed by atoms with van der Waals surface area (Å²) in [6.45, 7) is 0.144. The highest BCUT2D eigenvalue weighted by Crippen LogP contribution is 2.23. The minimum atomic E-state index is -1.04. The van der Waals surface area contributed by atoms with Crippen molar-refractivity contribution in [2.75, 3.05) is 0 Å². The average molecular weight is 306 g/mol. The quantitative estimate of drug-likeness (QED) is 0.650. The van der Waals surface area contributed by atoms with Gasteiger partial charge in [0.1, 0.15) is 0 Å². The van der Waals surface area contributed by atoms with Crippen molar-refractivity contribution in [1.82, 2.24) is 5.32 Å². The smallest absolute Gasteiger partial charge is 0.335 e. The number of carboxylic acids is 1. The van der Waals surface area contributed by atoms with Gasteiger partial charge in [0.05, 0.1) is 15.4 Å². The Morgan fingerprint density at radius 2 is 2.05 bits per heavy atom. The summed E-state index contributed by atoms with van der Waals surface area (Å²) in [4.78, 5) is 32.9. The Kier molecular flexibility index (Phi) is 4.29. The van der Waals surface area contributed by atoms with Gasteiger partial charge in [0.25, 0.3) is 5.91 Å². The number of hydrogen-bond donors (Lipinski definition) is 2. The lowest BCUT2D eigenvalue weighted by Crippen LogP contribution is -2.21. The fourth-order valence-electron chi connectivity index (χ4n) is 1.63. The number of hydrogen-bond acceptors (Lipinski definition) is 5. The van der Waals surface area contributed by atoms with E-state index in [1.807, 2.05) is 0 Å². The van der Waals surface area contributed by atoms with Gasteiger partial charge in [-0.2, -0.15) is 0 Å². The van der Waals surface area contributed by atoms with Crippen LogP contribution in [0.3, 0.4) is 0 Å². The second-order valence-electron chi connectivity index (χ2n) is 4.08. The largest absolute Gasteiger partial charge is 0.478 e. The molecule has 0 saturated carbocycles. The van der Waals surface area contributed by atoms with E-state index in [1.165, 1.54) is 24.3 Å². The number of nitrogens with zero attached hydrogens (tertiary/aromatic N) is 1. The van der Waals surface area contributed by atoms with Gasteiger partial charge in [-0.05, 0) is 23.8 Å². The minimum Gasteiger partial charge on any atom is -0.478 e. The fraction of sp³-hybridized carbons (Fsp3) is 0.0769. The molecule has 0 aliphatic heterocycles. The molecule has 7 nitrogen and oxygen atoms in total. The number of amides is 1. The van der Waals surface area contributed by atoms with E-state index in [0.29, 0.717) is 5.56 Å². The van der Waals surface area contributed by atoms with E-state index < -0.39 is 16.8 Å². The number of carboxylic acid groups (broad SMARTS) is 1. The predicted octanol–water partition coefficient (Wildman–Crippen LogP) is 2.28. The third kappa shape index (κ3) is 3.63. The summed E-state index contributed by atoms with van der Waals surface area (Å²) in [7, 11) is 0. The third-order valence-electron chi connectivity index (χ3n) is 2.62. The molecule has 0 unspecified atom stereocenters. The highest BCUT2D eigenvalue weighted by Gasteiger charge is 2.15. The lowest BCUT2D eigenvalue weighted by molar-refractivity contribution is -0.380. The molecule has 108 valence electrons. The molecule has 2 rings (SSSR count). The number of carbonyl (C=O) groups is 2. The molecule has 1 amide bonds. The zero-order valence-electron chi connectivity index (χ0n) is 10.6. The summed E-state index contributed by atoms with van der Waals surface area (Å²) in [5, 5.41) is 21.9. The number of benzene rings is 1. The molecule has 1 heterocycles. The molecule has 2 aromatic rings. The Hall–Kier alpha value is -2.74. The molecule has 1 aromatic carbocycles. The molecule has 8 heteroatoms. The highest BCUT2D eigenvalue weighted by molar-refractivity contribution is 7.17. The predicted molar refractivity (Wildman–Crippen MR) is 75.5 cm³/mol.